The van der Waals surface area contributed by atoms with Crippen LogP contribution in [-0.4, -0.2) is 40.6 Å². The quantitative estimate of drug-likeness (QED) is 0.722. The van der Waals surface area contributed by atoms with E-state index >= 15 is 0 Å². The van der Waals surface area contributed by atoms with Gasteiger partial charge in [0.2, 0.25) is 0 Å². The largest absolute Gasteiger partial charge is 0.383 e. The number of ether oxygens (including phenoxy) is 1. The molecular formula is C10H20N4O. The average Bonchev–Trinajstić information content (AvgIpc) is 2.69. The molecule has 1 rings (SSSR count). The van der Waals surface area contributed by atoms with Crippen molar-refractivity contribution in [1.29, 1.82) is 0 Å². The lowest BCUT2D eigenvalue weighted by molar-refractivity contribution is 0.158. The van der Waals surface area contributed by atoms with E-state index in [2.05, 4.69) is 29.4 Å². The fraction of sp³-hybridized carbons (Fsp3) is 0.800. The van der Waals surface area contributed by atoms with Crippen molar-refractivity contribution >= 4 is 0 Å². The number of rotatable bonds is 7. The summed E-state index contributed by atoms with van der Waals surface area (Å²) in [4.78, 5) is 0. The second-order valence-electron chi connectivity index (χ2n) is 3.79. The Bertz CT molecular complexity index is 250. The first-order valence-corrected chi connectivity index (χ1v) is 5.33. The van der Waals surface area contributed by atoms with E-state index in [1.807, 2.05) is 4.57 Å². The van der Waals surface area contributed by atoms with Crippen molar-refractivity contribution in [3.05, 3.63) is 12.7 Å². The first kappa shape index (κ1) is 12.1. The Labute approximate surface area is 90.8 Å². The molecule has 0 saturated heterocycles. The molecule has 0 aliphatic heterocycles. The molecule has 0 amide bonds. The van der Waals surface area contributed by atoms with E-state index < -0.39 is 0 Å². The molecule has 5 heteroatoms. The molecule has 2 unspecified atom stereocenters. The second kappa shape index (κ2) is 6.53. The fourth-order valence-electron chi connectivity index (χ4n) is 1.57. The minimum absolute atomic E-state index is 0.390. The van der Waals surface area contributed by atoms with Crippen LogP contribution in [0.15, 0.2) is 12.7 Å². The van der Waals surface area contributed by atoms with Crippen molar-refractivity contribution in [1.82, 2.24) is 20.1 Å². The first-order valence-electron chi connectivity index (χ1n) is 5.33. The molecule has 1 heterocycles. The van der Waals surface area contributed by atoms with Gasteiger partial charge in [0.1, 0.15) is 12.7 Å². The predicted octanol–water partition coefficient (Wildman–Crippen LogP) is 0.681. The number of hydrogen-bond donors (Lipinski definition) is 1. The summed E-state index contributed by atoms with van der Waals surface area (Å²) >= 11 is 0. The van der Waals surface area contributed by atoms with Gasteiger partial charge in [0.05, 0.1) is 6.61 Å². The molecule has 0 bridgehead atoms. The van der Waals surface area contributed by atoms with Crippen LogP contribution in [0.4, 0.5) is 0 Å². The summed E-state index contributed by atoms with van der Waals surface area (Å²) in [5, 5.41) is 11.0. The van der Waals surface area contributed by atoms with Gasteiger partial charge >= 0.3 is 0 Å². The van der Waals surface area contributed by atoms with Crippen molar-refractivity contribution in [2.24, 2.45) is 0 Å². The monoisotopic (exact) mass is 212 g/mol. The minimum atomic E-state index is 0.390. The highest BCUT2D eigenvalue weighted by atomic mass is 16.5. The Morgan fingerprint density at radius 1 is 1.40 bits per heavy atom. The summed E-state index contributed by atoms with van der Waals surface area (Å²) < 4.78 is 7.11. The van der Waals surface area contributed by atoms with Gasteiger partial charge in [-0.25, -0.2) is 0 Å². The third kappa shape index (κ3) is 4.40. The van der Waals surface area contributed by atoms with Crippen LogP contribution in [0.1, 0.15) is 20.3 Å². The van der Waals surface area contributed by atoms with Gasteiger partial charge in [0.15, 0.2) is 0 Å². The highest BCUT2D eigenvalue weighted by Crippen LogP contribution is 1.97. The zero-order valence-electron chi connectivity index (χ0n) is 9.68. The van der Waals surface area contributed by atoms with E-state index in [9.17, 15) is 0 Å². The topological polar surface area (TPSA) is 52.0 Å². The third-order valence-corrected chi connectivity index (χ3v) is 2.33. The molecule has 0 saturated carbocycles. The summed E-state index contributed by atoms with van der Waals surface area (Å²) in [6.07, 6.45) is 4.53. The highest BCUT2D eigenvalue weighted by Gasteiger charge is 2.10. The van der Waals surface area contributed by atoms with E-state index in [0.29, 0.717) is 12.1 Å². The fourth-order valence-corrected chi connectivity index (χ4v) is 1.57. The van der Waals surface area contributed by atoms with Crippen molar-refractivity contribution in [3.8, 4) is 0 Å². The maximum atomic E-state index is 5.14. The van der Waals surface area contributed by atoms with Crippen LogP contribution >= 0.6 is 0 Å². The zero-order chi connectivity index (χ0) is 11.1. The zero-order valence-corrected chi connectivity index (χ0v) is 9.68. The van der Waals surface area contributed by atoms with E-state index in [-0.39, 0.29) is 0 Å². The SMILES string of the molecule is CCC(COC)NC(C)Cn1cnnc1. The smallest absolute Gasteiger partial charge is 0.119 e. The first-order chi connectivity index (χ1) is 7.26. The number of hydrogen-bond acceptors (Lipinski definition) is 4. The standard InChI is InChI=1S/C10H20N4O/c1-4-10(6-15-3)13-9(2)5-14-7-11-12-8-14/h7-10,13H,4-6H2,1-3H3. The van der Waals surface area contributed by atoms with Crippen LogP contribution in [0.2, 0.25) is 0 Å². The Balaban J connectivity index is 2.30. The lowest BCUT2D eigenvalue weighted by atomic mass is 10.2. The molecule has 0 fully saturated rings. The van der Waals surface area contributed by atoms with E-state index in [1.54, 1.807) is 19.8 Å². The average molecular weight is 212 g/mol. The van der Waals surface area contributed by atoms with Crippen molar-refractivity contribution in [2.75, 3.05) is 13.7 Å². The molecule has 0 aromatic carbocycles. The van der Waals surface area contributed by atoms with Crippen molar-refractivity contribution < 1.29 is 4.74 Å². The molecule has 1 N–H and O–H groups in total. The summed E-state index contributed by atoms with van der Waals surface area (Å²) in [5.74, 6) is 0. The molecular weight excluding hydrogens is 192 g/mol. The van der Waals surface area contributed by atoms with Gasteiger partial charge in [-0.05, 0) is 13.3 Å². The van der Waals surface area contributed by atoms with Gasteiger partial charge in [0, 0.05) is 25.7 Å². The van der Waals surface area contributed by atoms with Crippen molar-refractivity contribution in [3.63, 3.8) is 0 Å². The molecule has 0 radical (unpaired) electrons. The predicted molar refractivity (Wildman–Crippen MR) is 58.6 cm³/mol. The molecule has 1 aromatic rings. The number of methoxy groups -OCH3 is 1. The summed E-state index contributed by atoms with van der Waals surface area (Å²) in [5.41, 5.74) is 0. The van der Waals surface area contributed by atoms with Crippen LogP contribution < -0.4 is 5.32 Å². The lowest BCUT2D eigenvalue weighted by Gasteiger charge is -2.21. The highest BCUT2D eigenvalue weighted by molar-refractivity contribution is 4.72. The summed E-state index contributed by atoms with van der Waals surface area (Å²) in [6.45, 7) is 5.94. The number of nitrogens with zero attached hydrogens (tertiary/aromatic N) is 3. The molecule has 1 aromatic heterocycles. The summed E-state index contributed by atoms with van der Waals surface area (Å²) in [7, 11) is 1.73. The van der Waals surface area contributed by atoms with Crippen LogP contribution in [0, 0.1) is 0 Å². The van der Waals surface area contributed by atoms with Gasteiger partial charge in [-0.1, -0.05) is 6.92 Å². The Morgan fingerprint density at radius 3 is 2.60 bits per heavy atom. The van der Waals surface area contributed by atoms with Crippen LogP contribution in [0.5, 0.6) is 0 Å². The van der Waals surface area contributed by atoms with E-state index in [1.165, 1.54) is 0 Å². The van der Waals surface area contributed by atoms with E-state index in [4.69, 9.17) is 4.74 Å². The maximum Gasteiger partial charge on any atom is 0.119 e. The molecule has 86 valence electrons. The van der Waals surface area contributed by atoms with Gasteiger partial charge in [0.25, 0.3) is 0 Å². The van der Waals surface area contributed by atoms with Gasteiger partial charge in [-0.3, -0.25) is 0 Å². The molecule has 2 atom stereocenters. The van der Waals surface area contributed by atoms with Gasteiger partial charge in [-0.15, -0.1) is 10.2 Å². The van der Waals surface area contributed by atoms with Crippen LogP contribution in [-0.2, 0) is 11.3 Å². The third-order valence-electron chi connectivity index (χ3n) is 2.33. The number of nitrogens with one attached hydrogen (secondary N) is 1. The molecule has 15 heavy (non-hydrogen) atoms. The van der Waals surface area contributed by atoms with Gasteiger partial charge < -0.3 is 14.6 Å². The molecule has 0 aliphatic rings. The summed E-state index contributed by atoms with van der Waals surface area (Å²) in [6, 6.07) is 0.808. The van der Waals surface area contributed by atoms with Crippen LogP contribution in [0.3, 0.4) is 0 Å². The normalized spacial score (nSPS) is 15.1. The van der Waals surface area contributed by atoms with Gasteiger partial charge in [-0.2, -0.15) is 0 Å². The maximum absolute atomic E-state index is 5.14. The number of aromatic nitrogens is 3. The lowest BCUT2D eigenvalue weighted by Crippen LogP contribution is -2.41. The second-order valence-corrected chi connectivity index (χ2v) is 3.79. The Kier molecular flexibility index (Phi) is 5.28. The Hall–Kier alpha value is -0.940. The molecule has 5 nitrogen and oxygen atoms in total. The molecule has 0 spiro atoms. The Morgan fingerprint density at radius 2 is 2.07 bits per heavy atom. The molecule has 0 aliphatic carbocycles. The van der Waals surface area contributed by atoms with E-state index in [0.717, 1.165) is 19.6 Å². The minimum Gasteiger partial charge on any atom is -0.383 e. The van der Waals surface area contributed by atoms with Crippen LogP contribution in [0.25, 0.3) is 0 Å². The van der Waals surface area contributed by atoms with Crippen molar-refractivity contribution in [2.45, 2.75) is 38.9 Å².